The third kappa shape index (κ3) is 3.17. The summed E-state index contributed by atoms with van der Waals surface area (Å²) in [6.07, 6.45) is 4.96. The van der Waals surface area contributed by atoms with E-state index >= 15 is 0 Å². The molecule has 0 saturated carbocycles. The molecule has 0 aliphatic carbocycles. The molecule has 0 heterocycles. The summed E-state index contributed by atoms with van der Waals surface area (Å²) < 4.78 is 0. The van der Waals surface area contributed by atoms with Gasteiger partial charge in [-0.15, -0.1) is 13.0 Å². The summed E-state index contributed by atoms with van der Waals surface area (Å²) >= 11 is 0. The monoisotopic (exact) mass is 382 g/mol. The van der Waals surface area contributed by atoms with Gasteiger partial charge in [0.15, 0.2) is 0 Å². The Morgan fingerprint density at radius 2 is 2.00 bits per heavy atom. The van der Waals surface area contributed by atoms with Crippen molar-refractivity contribution >= 4 is 6.08 Å². The van der Waals surface area contributed by atoms with Crippen LogP contribution < -0.4 is 0 Å². The largest absolute Gasteiger partial charge is 2.00 e. The zero-order chi connectivity index (χ0) is 8.27. The van der Waals surface area contributed by atoms with Crippen molar-refractivity contribution in [1.29, 1.82) is 0 Å². The van der Waals surface area contributed by atoms with Crippen molar-refractivity contribution in [2.24, 2.45) is 0 Å². The Hall–Kier alpha value is 0.0119. The van der Waals surface area contributed by atoms with Gasteiger partial charge >= 0.3 is 31.1 Å². The van der Waals surface area contributed by atoms with E-state index in [1.54, 1.807) is 0 Å². The van der Waals surface area contributed by atoms with E-state index in [1.165, 1.54) is 11.1 Å². The molecule has 60 valence electrons. The van der Waals surface area contributed by atoms with Gasteiger partial charge in [0.1, 0.15) is 0 Å². The molecule has 1 aromatic carbocycles. The molecule has 0 bridgehead atoms. The van der Waals surface area contributed by atoms with Crippen LogP contribution in [0.3, 0.4) is 0 Å². The fourth-order valence-electron chi connectivity index (χ4n) is 0.987. The van der Waals surface area contributed by atoms with Gasteiger partial charge in [-0.2, -0.15) is 11.6 Å². The zero-order valence-corrected chi connectivity index (χ0v) is 11.9. The molecule has 1 rings (SSSR count). The molecular formula is C11H12U. The Bertz CT molecular complexity index is 274. The molecule has 0 aliphatic rings. The average molecular weight is 382 g/mol. The van der Waals surface area contributed by atoms with Crippen molar-refractivity contribution < 1.29 is 31.1 Å². The van der Waals surface area contributed by atoms with E-state index in [-0.39, 0.29) is 31.1 Å². The van der Waals surface area contributed by atoms with Crippen LogP contribution in [0.25, 0.3) is 6.08 Å². The minimum absolute atomic E-state index is 0. The second kappa shape index (κ2) is 5.62. The van der Waals surface area contributed by atoms with Crippen LogP contribution >= 0.6 is 0 Å². The van der Waals surface area contributed by atoms with Crippen LogP contribution in [0.4, 0.5) is 0 Å². The summed E-state index contributed by atoms with van der Waals surface area (Å²) in [5, 5.41) is 0. The van der Waals surface area contributed by atoms with Gasteiger partial charge in [-0.1, -0.05) is 13.8 Å². The molecule has 0 radical (unpaired) electrons. The maximum atomic E-state index is 3.26. The number of benzene rings is 1. The summed E-state index contributed by atoms with van der Waals surface area (Å²) in [5.41, 5.74) is 3.58. The van der Waals surface area contributed by atoms with Crippen LogP contribution in [-0.2, 0) is 0 Å². The van der Waals surface area contributed by atoms with Crippen LogP contribution in [0.15, 0.2) is 12.1 Å². The molecule has 0 nitrogen and oxygen atoms in total. The molecule has 0 spiro atoms. The summed E-state index contributed by atoms with van der Waals surface area (Å²) in [6.45, 7) is 6.03. The van der Waals surface area contributed by atoms with Crippen LogP contribution in [0.1, 0.15) is 23.6 Å². The van der Waals surface area contributed by atoms with Gasteiger partial charge in [0.2, 0.25) is 0 Å². The zero-order valence-electron chi connectivity index (χ0n) is 7.73. The minimum atomic E-state index is 0. The van der Waals surface area contributed by atoms with Gasteiger partial charge in [0, 0.05) is 0 Å². The van der Waals surface area contributed by atoms with E-state index in [0.29, 0.717) is 0 Å². The Labute approximate surface area is 98.4 Å². The van der Waals surface area contributed by atoms with E-state index in [4.69, 9.17) is 0 Å². The van der Waals surface area contributed by atoms with Crippen molar-refractivity contribution in [2.45, 2.75) is 20.8 Å². The Morgan fingerprint density at radius 3 is 2.58 bits per heavy atom. The molecule has 0 unspecified atom stereocenters. The first kappa shape index (κ1) is 12.0. The van der Waals surface area contributed by atoms with Gasteiger partial charge in [-0.05, 0) is 0 Å². The van der Waals surface area contributed by atoms with Gasteiger partial charge in [0.05, 0.1) is 0 Å². The first-order valence-corrected chi connectivity index (χ1v) is 3.74. The molecule has 0 aliphatic heterocycles. The summed E-state index contributed by atoms with van der Waals surface area (Å²) in [6, 6.07) is 7.44. The Balaban J connectivity index is 0.00000121. The van der Waals surface area contributed by atoms with Crippen LogP contribution in [0, 0.1) is 57.1 Å². The maximum absolute atomic E-state index is 3.26. The molecule has 1 heteroatoms. The van der Waals surface area contributed by atoms with Crippen molar-refractivity contribution in [1.82, 2.24) is 0 Å². The normalized spacial score (nSPS) is 9.92. The first-order valence-electron chi connectivity index (χ1n) is 3.74. The molecule has 12 heavy (non-hydrogen) atoms. The fraction of sp³-hybridized carbons (Fsp3) is 0.273. The predicted octanol–water partition coefficient (Wildman–Crippen LogP) is 2.94. The SMILES string of the molecule is C[C-]=Cc1[c-]c(C)ccc1C.[U+2]. The second-order valence-corrected chi connectivity index (χ2v) is 2.67. The van der Waals surface area contributed by atoms with Crippen molar-refractivity contribution in [3.05, 3.63) is 41.0 Å². The number of hydrogen-bond acceptors (Lipinski definition) is 0. The van der Waals surface area contributed by atoms with Gasteiger partial charge in [0.25, 0.3) is 0 Å². The quantitative estimate of drug-likeness (QED) is 0.656. The van der Waals surface area contributed by atoms with E-state index in [1.807, 2.05) is 19.9 Å². The van der Waals surface area contributed by atoms with Crippen LogP contribution in [-0.4, -0.2) is 0 Å². The van der Waals surface area contributed by atoms with Gasteiger partial charge in [-0.3, -0.25) is 0 Å². The topological polar surface area (TPSA) is 0 Å². The fourth-order valence-corrected chi connectivity index (χ4v) is 0.987. The number of rotatable bonds is 1. The van der Waals surface area contributed by atoms with Crippen molar-refractivity contribution in [3.63, 3.8) is 0 Å². The summed E-state index contributed by atoms with van der Waals surface area (Å²) in [5.74, 6) is 0. The molecule has 0 N–H and O–H groups in total. The van der Waals surface area contributed by atoms with Crippen molar-refractivity contribution in [2.75, 3.05) is 0 Å². The van der Waals surface area contributed by atoms with E-state index in [9.17, 15) is 0 Å². The Kier molecular flexibility index (Phi) is 5.63. The number of aryl methyl sites for hydroxylation is 2. The smallest absolute Gasteiger partial charge is 0.330 e. The summed E-state index contributed by atoms with van der Waals surface area (Å²) in [7, 11) is 0. The van der Waals surface area contributed by atoms with Gasteiger partial charge in [-0.25, -0.2) is 11.6 Å². The molecule has 0 atom stereocenters. The second-order valence-electron chi connectivity index (χ2n) is 2.67. The van der Waals surface area contributed by atoms with Crippen LogP contribution in [0.5, 0.6) is 0 Å². The first-order chi connectivity index (χ1) is 5.24. The standard InChI is InChI=1S/C11H12.U/c1-4-5-11-8-9(2)6-7-10(11)3;/h5-7H,1-3H3;/q-2;+2. The van der Waals surface area contributed by atoms with E-state index in [0.717, 1.165) is 5.56 Å². The molecular weight excluding hydrogens is 370 g/mol. The molecule has 0 saturated heterocycles. The van der Waals surface area contributed by atoms with E-state index in [2.05, 4.69) is 31.2 Å². The number of hydrogen-bond donors (Lipinski definition) is 0. The molecule has 0 aromatic heterocycles. The average Bonchev–Trinajstić information content (AvgIpc) is 1.98. The maximum Gasteiger partial charge on any atom is 2.00 e. The third-order valence-electron chi connectivity index (χ3n) is 1.63. The van der Waals surface area contributed by atoms with E-state index < -0.39 is 0 Å². The van der Waals surface area contributed by atoms with Gasteiger partial charge < -0.3 is 17.7 Å². The molecule has 0 fully saturated rings. The van der Waals surface area contributed by atoms with Crippen LogP contribution in [0.2, 0.25) is 0 Å². The molecule has 0 amide bonds. The van der Waals surface area contributed by atoms with Crippen molar-refractivity contribution in [3.8, 4) is 0 Å². The number of allylic oxidation sites excluding steroid dienone is 1. The Morgan fingerprint density at radius 1 is 1.33 bits per heavy atom. The molecule has 1 aromatic rings. The summed E-state index contributed by atoms with van der Waals surface area (Å²) in [4.78, 5) is 0. The predicted molar refractivity (Wildman–Crippen MR) is 48.1 cm³/mol. The minimum Gasteiger partial charge on any atom is -0.330 e. The third-order valence-corrected chi connectivity index (χ3v) is 1.63.